The summed E-state index contributed by atoms with van der Waals surface area (Å²) in [5.41, 5.74) is 3.19. The number of aldehydes is 1. The van der Waals surface area contributed by atoms with Crippen LogP contribution in [0.25, 0.3) is 0 Å². The van der Waals surface area contributed by atoms with Crippen LogP contribution < -0.4 is 0 Å². The van der Waals surface area contributed by atoms with Crippen molar-refractivity contribution in [3.63, 3.8) is 0 Å². The average Bonchev–Trinajstić information content (AvgIpc) is 2.29. The Kier molecular flexibility index (Phi) is 5.20. The van der Waals surface area contributed by atoms with E-state index in [2.05, 4.69) is 54.3 Å². The van der Waals surface area contributed by atoms with Crippen molar-refractivity contribution in [2.45, 2.75) is 71.7 Å². The highest BCUT2D eigenvalue weighted by Crippen LogP contribution is 2.41. The van der Waals surface area contributed by atoms with Gasteiger partial charge in [-0.3, -0.25) is 4.79 Å². The summed E-state index contributed by atoms with van der Waals surface area (Å²) in [6.07, 6.45) is 2.87. The lowest BCUT2D eigenvalue weighted by Crippen LogP contribution is -2.45. The molecule has 0 fully saturated rings. The normalized spacial score (nSPS) is 24.8. The standard InChI is InChI=1S/C17H30O2Si/c1-12(2)14-9-15(11-18)13(3)16(10-14)19-20(7,8)17(4,5)6/h11,14,16H,1,9-10H2,2-8H3/t14-,16?/m0/s1. The lowest BCUT2D eigenvalue weighted by molar-refractivity contribution is -0.105. The van der Waals surface area contributed by atoms with Gasteiger partial charge in [-0.25, -0.2) is 0 Å². The Morgan fingerprint density at radius 1 is 1.40 bits per heavy atom. The largest absolute Gasteiger partial charge is 0.410 e. The van der Waals surface area contributed by atoms with Crippen molar-refractivity contribution in [3.05, 3.63) is 23.3 Å². The fourth-order valence-corrected chi connectivity index (χ4v) is 3.67. The third-order valence-electron chi connectivity index (χ3n) is 5.04. The first kappa shape index (κ1) is 17.4. The van der Waals surface area contributed by atoms with Crippen molar-refractivity contribution in [2.75, 3.05) is 0 Å². The molecule has 0 aromatic rings. The number of carbonyl (C=O) groups excluding carboxylic acids is 1. The Hall–Kier alpha value is -0.673. The zero-order chi connectivity index (χ0) is 15.7. The second-order valence-electron chi connectivity index (χ2n) is 7.68. The summed E-state index contributed by atoms with van der Waals surface area (Å²) >= 11 is 0. The van der Waals surface area contributed by atoms with Gasteiger partial charge in [0, 0.05) is 0 Å². The van der Waals surface area contributed by atoms with Crippen LogP contribution in [0.1, 0.15) is 47.5 Å². The van der Waals surface area contributed by atoms with Crippen LogP contribution in [0.3, 0.4) is 0 Å². The summed E-state index contributed by atoms with van der Waals surface area (Å²) in [6, 6.07) is 0. The lowest BCUT2D eigenvalue weighted by Gasteiger charge is -2.42. The molecular weight excluding hydrogens is 264 g/mol. The number of hydrogen-bond acceptors (Lipinski definition) is 2. The first-order valence-electron chi connectivity index (χ1n) is 7.47. The van der Waals surface area contributed by atoms with Crippen LogP contribution >= 0.6 is 0 Å². The average molecular weight is 295 g/mol. The van der Waals surface area contributed by atoms with Gasteiger partial charge in [-0.15, -0.1) is 0 Å². The molecule has 1 unspecified atom stereocenters. The van der Waals surface area contributed by atoms with Crippen molar-refractivity contribution in [2.24, 2.45) is 5.92 Å². The lowest BCUT2D eigenvalue weighted by atomic mass is 9.80. The Labute approximate surface area is 125 Å². The number of hydrogen-bond donors (Lipinski definition) is 0. The zero-order valence-corrected chi connectivity index (χ0v) is 15.2. The van der Waals surface area contributed by atoms with Crippen LogP contribution in [0.4, 0.5) is 0 Å². The summed E-state index contributed by atoms with van der Waals surface area (Å²) in [5.74, 6) is 0.369. The summed E-state index contributed by atoms with van der Waals surface area (Å²) in [6.45, 7) is 19.5. The van der Waals surface area contributed by atoms with Crippen molar-refractivity contribution >= 4 is 14.6 Å². The van der Waals surface area contributed by atoms with Crippen LogP contribution in [0.2, 0.25) is 18.1 Å². The summed E-state index contributed by atoms with van der Waals surface area (Å²) in [5, 5.41) is 0.185. The molecule has 0 spiro atoms. The van der Waals surface area contributed by atoms with Crippen molar-refractivity contribution in [3.8, 4) is 0 Å². The van der Waals surface area contributed by atoms with Crippen molar-refractivity contribution in [1.29, 1.82) is 0 Å². The molecule has 0 aromatic carbocycles. The highest BCUT2D eigenvalue weighted by Gasteiger charge is 2.41. The predicted octanol–water partition coefficient (Wildman–Crippen LogP) is 4.88. The molecule has 0 saturated carbocycles. The van der Waals surface area contributed by atoms with Gasteiger partial charge in [0.05, 0.1) is 6.10 Å². The molecule has 1 rings (SSSR count). The molecule has 0 N–H and O–H groups in total. The topological polar surface area (TPSA) is 26.3 Å². The molecule has 1 aliphatic rings. The minimum absolute atomic E-state index is 0.0755. The van der Waals surface area contributed by atoms with Gasteiger partial charge in [0.1, 0.15) is 6.29 Å². The smallest absolute Gasteiger partial charge is 0.192 e. The molecule has 0 aliphatic heterocycles. The zero-order valence-electron chi connectivity index (χ0n) is 14.2. The van der Waals surface area contributed by atoms with Crippen molar-refractivity contribution in [1.82, 2.24) is 0 Å². The van der Waals surface area contributed by atoms with E-state index in [1.807, 2.05) is 0 Å². The van der Waals surface area contributed by atoms with E-state index in [9.17, 15) is 4.79 Å². The molecule has 0 aromatic heterocycles. The molecule has 20 heavy (non-hydrogen) atoms. The van der Waals surface area contributed by atoms with Gasteiger partial charge in [0.15, 0.2) is 8.32 Å². The third-order valence-corrected chi connectivity index (χ3v) is 9.52. The van der Waals surface area contributed by atoms with E-state index in [4.69, 9.17) is 4.43 Å². The SMILES string of the molecule is C=C(C)[C@H]1CC(C=O)=C(C)C(O[Si](C)(C)C(C)(C)C)C1. The fraction of sp³-hybridized carbons (Fsp3) is 0.706. The van der Waals surface area contributed by atoms with Gasteiger partial charge in [-0.05, 0) is 61.9 Å². The van der Waals surface area contributed by atoms with Crippen LogP contribution in [-0.2, 0) is 9.22 Å². The van der Waals surface area contributed by atoms with E-state index in [-0.39, 0.29) is 11.1 Å². The number of rotatable bonds is 4. The monoisotopic (exact) mass is 294 g/mol. The first-order chi connectivity index (χ1) is 8.99. The molecule has 0 bridgehead atoms. The highest BCUT2D eigenvalue weighted by molar-refractivity contribution is 6.74. The first-order valence-corrected chi connectivity index (χ1v) is 10.4. The van der Waals surface area contributed by atoms with E-state index in [1.165, 1.54) is 0 Å². The van der Waals surface area contributed by atoms with Crippen LogP contribution in [0.15, 0.2) is 23.3 Å². The van der Waals surface area contributed by atoms with Gasteiger partial charge >= 0.3 is 0 Å². The summed E-state index contributed by atoms with van der Waals surface area (Å²) in [7, 11) is -1.82. The molecule has 0 heterocycles. The van der Waals surface area contributed by atoms with Gasteiger partial charge < -0.3 is 4.43 Å². The molecular formula is C17H30O2Si. The van der Waals surface area contributed by atoms with Crippen LogP contribution in [0, 0.1) is 5.92 Å². The second kappa shape index (κ2) is 5.98. The summed E-state index contributed by atoms with van der Waals surface area (Å²) < 4.78 is 6.55. The fourth-order valence-electron chi connectivity index (χ4n) is 2.34. The molecule has 2 atom stereocenters. The molecule has 0 amide bonds. The Morgan fingerprint density at radius 2 is 1.95 bits per heavy atom. The van der Waals surface area contributed by atoms with Gasteiger partial charge in [-0.2, -0.15) is 0 Å². The van der Waals surface area contributed by atoms with E-state index in [0.717, 1.165) is 35.8 Å². The maximum Gasteiger partial charge on any atom is 0.192 e. The minimum Gasteiger partial charge on any atom is -0.410 e. The summed E-state index contributed by atoms with van der Waals surface area (Å²) in [4.78, 5) is 11.3. The Morgan fingerprint density at radius 3 is 2.35 bits per heavy atom. The molecule has 2 nitrogen and oxygen atoms in total. The quantitative estimate of drug-likeness (QED) is 0.420. The third kappa shape index (κ3) is 3.70. The highest BCUT2D eigenvalue weighted by atomic mass is 28.4. The van der Waals surface area contributed by atoms with Gasteiger partial charge in [0.25, 0.3) is 0 Å². The van der Waals surface area contributed by atoms with E-state index in [1.54, 1.807) is 0 Å². The molecule has 0 saturated heterocycles. The maximum atomic E-state index is 11.3. The van der Waals surface area contributed by atoms with Crippen molar-refractivity contribution < 1.29 is 9.22 Å². The Bertz CT molecular complexity index is 427. The van der Waals surface area contributed by atoms with Gasteiger partial charge in [-0.1, -0.05) is 32.9 Å². The van der Waals surface area contributed by atoms with E-state index >= 15 is 0 Å². The number of allylic oxidation sites excluding steroid dienone is 2. The van der Waals surface area contributed by atoms with Crippen LogP contribution in [-0.4, -0.2) is 20.7 Å². The second-order valence-corrected chi connectivity index (χ2v) is 12.4. The number of carbonyl (C=O) groups is 1. The van der Waals surface area contributed by atoms with E-state index in [0.29, 0.717) is 5.92 Å². The van der Waals surface area contributed by atoms with Gasteiger partial charge in [0.2, 0.25) is 0 Å². The van der Waals surface area contributed by atoms with Crippen LogP contribution in [0.5, 0.6) is 0 Å². The van der Waals surface area contributed by atoms with E-state index < -0.39 is 8.32 Å². The molecule has 3 heteroatoms. The molecule has 114 valence electrons. The Balaban J connectivity index is 3.03. The maximum absolute atomic E-state index is 11.3. The molecule has 0 radical (unpaired) electrons. The predicted molar refractivity (Wildman–Crippen MR) is 88.4 cm³/mol. The molecule has 1 aliphatic carbocycles. The minimum atomic E-state index is -1.82.